The van der Waals surface area contributed by atoms with Crippen LogP contribution in [-0.4, -0.2) is 42.3 Å². The van der Waals surface area contributed by atoms with E-state index in [9.17, 15) is 4.79 Å². The van der Waals surface area contributed by atoms with Crippen molar-refractivity contribution in [3.8, 4) is 5.75 Å². The van der Waals surface area contributed by atoms with Gasteiger partial charge in [-0.1, -0.05) is 41.4 Å². The highest BCUT2D eigenvalue weighted by molar-refractivity contribution is 8.00. The Kier molecular flexibility index (Phi) is 8.13. The van der Waals surface area contributed by atoms with Gasteiger partial charge in [-0.15, -0.1) is 11.8 Å². The first-order chi connectivity index (χ1) is 14.0. The Morgan fingerprint density at radius 2 is 1.97 bits per heavy atom. The third-order valence-electron chi connectivity index (χ3n) is 5.09. The smallest absolute Gasteiger partial charge is 0.233 e. The second-order valence-corrected chi connectivity index (χ2v) is 9.43. The maximum Gasteiger partial charge on any atom is 0.233 e. The molecule has 2 aromatic rings. The van der Waals surface area contributed by atoms with Crippen molar-refractivity contribution < 1.29 is 9.53 Å². The molecule has 7 heteroatoms. The molecule has 0 bridgehead atoms. The zero-order valence-electron chi connectivity index (χ0n) is 16.7. The summed E-state index contributed by atoms with van der Waals surface area (Å²) in [5, 5.41) is 4.19. The number of carbonyl (C=O) groups excluding carboxylic acids is 1. The van der Waals surface area contributed by atoms with E-state index < -0.39 is 0 Å². The van der Waals surface area contributed by atoms with Crippen molar-refractivity contribution >= 4 is 40.9 Å². The number of nitrogens with zero attached hydrogens (tertiary/aromatic N) is 1. The van der Waals surface area contributed by atoms with Gasteiger partial charge in [0.25, 0.3) is 0 Å². The highest BCUT2D eigenvalue weighted by Crippen LogP contribution is 2.32. The van der Waals surface area contributed by atoms with E-state index in [1.54, 1.807) is 25.3 Å². The number of likely N-dealkylation sites (tertiary alicyclic amines) is 1. The van der Waals surface area contributed by atoms with Crippen LogP contribution in [0.3, 0.4) is 0 Å². The summed E-state index contributed by atoms with van der Waals surface area (Å²) in [4.78, 5) is 15.9. The minimum Gasteiger partial charge on any atom is -0.496 e. The zero-order valence-corrected chi connectivity index (χ0v) is 19.0. The van der Waals surface area contributed by atoms with Crippen molar-refractivity contribution in [3.63, 3.8) is 0 Å². The van der Waals surface area contributed by atoms with E-state index in [2.05, 4.69) is 16.3 Å². The highest BCUT2D eigenvalue weighted by atomic mass is 35.5. The molecule has 0 aromatic heterocycles. The first-order valence-electron chi connectivity index (χ1n) is 9.72. The molecule has 0 spiro atoms. The van der Waals surface area contributed by atoms with Crippen LogP contribution in [0.2, 0.25) is 10.0 Å². The number of carbonyl (C=O) groups is 1. The van der Waals surface area contributed by atoms with Gasteiger partial charge in [-0.3, -0.25) is 9.69 Å². The van der Waals surface area contributed by atoms with E-state index in [0.717, 1.165) is 43.1 Å². The number of amides is 1. The van der Waals surface area contributed by atoms with Crippen molar-refractivity contribution in [2.45, 2.75) is 42.5 Å². The Morgan fingerprint density at radius 1 is 1.24 bits per heavy atom. The average molecular weight is 453 g/mol. The SMILES string of the molecule is COc1ccccc1CN1CCC(NC(=O)C(C)Sc2cc(Cl)ccc2Cl)CC1. The molecule has 1 fully saturated rings. The third-order valence-corrected chi connectivity index (χ3v) is 6.92. The average Bonchev–Trinajstić information content (AvgIpc) is 2.72. The fourth-order valence-corrected chi connectivity index (χ4v) is 4.86. The number of piperidine rings is 1. The van der Waals surface area contributed by atoms with Crippen molar-refractivity contribution in [3.05, 3.63) is 58.1 Å². The molecule has 1 heterocycles. The van der Waals surface area contributed by atoms with E-state index in [1.165, 1.54) is 17.3 Å². The first kappa shape index (κ1) is 22.3. The summed E-state index contributed by atoms with van der Waals surface area (Å²) in [6, 6.07) is 13.6. The maximum absolute atomic E-state index is 12.6. The quantitative estimate of drug-likeness (QED) is 0.581. The van der Waals surface area contributed by atoms with Crippen LogP contribution >= 0.6 is 35.0 Å². The van der Waals surface area contributed by atoms with Gasteiger partial charge < -0.3 is 10.1 Å². The summed E-state index contributed by atoms with van der Waals surface area (Å²) >= 11 is 13.7. The summed E-state index contributed by atoms with van der Waals surface area (Å²) in [5.74, 6) is 0.961. The number of methoxy groups -OCH3 is 1. The summed E-state index contributed by atoms with van der Waals surface area (Å²) in [7, 11) is 1.70. The number of hydrogen-bond acceptors (Lipinski definition) is 4. The van der Waals surface area contributed by atoms with Gasteiger partial charge in [-0.25, -0.2) is 0 Å². The maximum atomic E-state index is 12.6. The lowest BCUT2D eigenvalue weighted by atomic mass is 10.0. The minimum absolute atomic E-state index is 0.0363. The standard InChI is InChI=1S/C22H26Cl2N2O2S/c1-15(29-21-13-17(23)7-8-19(21)24)22(27)25-18-9-11-26(12-10-18)14-16-5-3-4-6-20(16)28-2/h3-8,13,15,18H,9-12,14H2,1-2H3,(H,25,27). The lowest BCUT2D eigenvalue weighted by Crippen LogP contribution is -2.46. The molecule has 1 aliphatic heterocycles. The Labute approximate surface area is 186 Å². The van der Waals surface area contributed by atoms with Gasteiger partial charge in [0.1, 0.15) is 5.75 Å². The van der Waals surface area contributed by atoms with Gasteiger partial charge in [0.05, 0.1) is 17.4 Å². The van der Waals surface area contributed by atoms with E-state index in [-0.39, 0.29) is 17.2 Å². The molecule has 3 rings (SSSR count). The normalized spacial score (nSPS) is 16.4. The van der Waals surface area contributed by atoms with Crippen molar-refractivity contribution in [2.24, 2.45) is 0 Å². The van der Waals surface area contributed by atoms with E-state index in [0.29, 0.717) is 10.0 Å². The van der Waals surface area contributed by atoms with Gasteiger partial charge in [0.15, 0.2) is 0 Å². The lowest BCUT2D eigenvalue weighted by molar-refractivity contribution is -0.121. The fourth-order valence-electron chi connectivity index (χ4n) is 3.44. The zero-order chi connectivity index (χ0) is 20.8. The Bertz CT molecular complexity index is 841. The predicted octanol–water partition coefficient (Wildman–Crippen LogP) is 5.26. The fraction of sp³-hybridized carbons (Fsp3) is 0.409. The van der Waals surface area contributed by atoms with Crippen LogP contribution in [0.25, 0.3) is 0 Å². The Morgan fingerprint density at radius 3 is 2.69 bits per heavy atom. The molecule has 1 unspecified atom stereocenters. The molecule has 0 saturated carbocycles. The third kappa shape index (κ3) is 6.29. The molecule has 1 amide bonds. The Balaban J connectivity index is 1.47. The van der Waals surface area contributed by atoms with E-state index in [4.69, 9.17) is 27.9 Å². The number of para-hydroxylation sites is 1. The minimum atomic E-state index is -0.238. The Hall–Kier alpha value is -1.40. The van der Waals surface area contributed by atoms with Crippen molar-refractivity contribution in [1.29, 1.82) is 0 Å². The van der Waals surface area contributed by atoms with Crippen LogP contribution in [0.5, 0.6) is 5.75 Å². The van der Waals surface area contributed by atoms with Gasteiger partial charge in [-0.05, 0) is 44.0 Å². The van der Waals surface area contributed by atoms with Crippen molar-refractivity contribution in [1.82, 2.24) is 10.2 Å². The molecule has 2 aromatic carbocycles. The van der Waals surface area contributed by atoms with Gasteiger partial charge in [0.2, 0.25) is 5.91 Å². The number of thioether (sulfide) groups is 1. The molecular formula is C22H26Cl2N2O2S. The summed E-state index contributed by atoms with van der Waals surface area (Å²) in [5.41, 5.74) is 1.20. The second kappa shape index (κ2) is 10.6. The molecule has 156 valence electrons. The predicted molar refractivity (Wildman–Crippen MR) is 121 cm³/mol. The summed E-state index contributed by atoms with van der Waals surface area (Å²) in [6.45, 7) is 4.66. The molecule has 1 aliphatic rings. The highest BCUT2D eigenvalue weighted by Gasteiger charge is 2.24. The van der Waals surface area contributed by atoms with Gasteiger partial charge in [0, 0.05) is 41.2 Å². The monoisotopic (exact) mass is 452 g/mol. The number of nitrogens with one attached hydrogen (secondary N) is 1. The topological polar surface area (TPSA) is 41.6 Å². The molecule has 1 atom stereocenters. The summed E-state index contributed by atoms with van der Waals surface area (Å²) in [6.07, 6.45) is 1.88. The number of rotatable bonds is 7. The molecule has 0 radical (unpaired) electrons. The largest absolute Gasteiger partial charge is 0.496 e. The second-order valence-electron chi connectivity index (χ2n) is 7.21. The first-order valence-corrected chi connectivity index (χ1v) is 11.4. The number of halogens is 2. The van der Waals surface area contributed by atoms with Crippen LogP contribution in [0, 0.1) is 0 Å². The number of benzene rings is 2. The van der Waals surface area contributed by atoms with E-state index in [1.807, 2.05) is 25.1 Å². The molecule has 1 saturated heterocycles. The van der Waals surface area contributed by atoms with Crippen molar-refractivity contribution in [2.75, 3.05) is 20.2 Å². The lowest BCUT2D eigenvalue weighted by Gasteiger charge is -2.33. The molecule has 29 heavy (non-hydrogen) atoms. The number of hydrogen-bond donors (Lipinski definition) is 1. The molecular weight excluding hydrogens is 427 g/mol. The molecule has 0 aliphatic carbocycles. The van der Waals surface area contributed by atoms with Crippen LogP contribution in [0.4, 0.5) is 0 Å². The number of ether oxygens (including phenoxy) is 1. The van der Waals surface area contributed by atoms with Crippen LogP contribution in [0.1, 0.15) is 25.3 Å². The van der Waals surface area contributed by atoms with Crippen LogP contribution in [-0.2, 0) is 11.3 Å². The van der Waals surface area contributed by atoms with Gasteiger partial charge >= 0.3 is 0 Å². The van der Waals surface area contributed by atoms with Gasteiger partial charge in [-0.2, -0.15) is 0 Å². The van der Waals surface area contributed by atoms with E-state index >= 15 is 0 Å². The van der Waals surface area contributed by atoms with Crippen LogP contribution in [0.15, 0.2) is 47.4 Å². The molecule has 4 nitrogen and oxygen atoms in total. The van der Waals surface area contributed by atoms with Crippen LogP contribution < -0.4 is 10.1 Å². The summed E-state index contributed by atoms with van der Waals surface area (Å²) < 4.78 is 5.45. The molecule has 1 N–H and O–H groups in total.